The highest BCUT2D eigenvalue weighted by molar-refractivity contribution is 7.15. The summed E-state index contributed by atoms with van der Waals surface area (Å²) in [6.45, 7) is 2.20. The van der Waals surface area contributed by atoms with E-state index in [0.29, 0.717) is 12.0 Å². The van der Waals surface area contributed by atoms with E-state index in [-0.39, 0.29) is 11.9 Å². The van der Waals surface area contributed by atoms with Gasteiger partial charge in [0, 0.05) is 23.9 Å². The maximum atomic E-state index is 12.6. The fraction of sp³-hybridized carbons (Fsp3) is 0.346. The van der Waals surface area contributed by atoms with Crippen LogP contribution in [0.5, 0.6) is 0 Å². The number of anilines is 1. The number of nitrogens with one attached hydrogen (secondary N) is 1. The molecule has 1 heterocycles. The molecule has 0 bridgehead atoms. The summed E-state index contributed by atoms with van der Waals surface area (Å²) in [5, 5.41) is 3.96. The number of esters is 1. The zero-order valence-corrected chi connectivity index (χ0v) is 19.5. The van der Waals surface area contributed by atoms with Crippen LogP contribution in [-0.2, 0) is 22.4 Å². The molecule has 0 saturated carbocycles. The number of benzene rings is 2. The summed E-state index contributed by atoms with van der Waals surface area (Å²) in [4.78, 5) is 29.3. The third kappa shape index (κ3) is 7.02. The Kier molecular flexibility index (Phi) is 8.99. The molecule has 0 saturated heterocycles. The predicted octanol–water partition coefficient (Wildman–Crippen LogP) is 6.29. The van der Waals surface area contributed by atoms with Gasteiger partial charge >= 0.3 is 5.97 Å². The number of unbranched alkanes of at least 4 members (excludes halogenated alkanes) is 2. The fourth-order valence-corrected chi connectivity index (χ4v) is 4.33. The molecule has 0 aliphatic rings. The molecule has 5 nitrogen and oxygen atoms in total. The van der Waals surface area contributed by atoms with E-state index < -0.39 is 0 Å². The monoisotopic (exact) mass is 450 g/mol. The van der Waals surface area contributed by atoms with E-state index in [1.54, 1.807) is 11.3 Å². The van der Waals surface area contributed by atoms with Gasteiger partial charge in [0.05, 0.1) is 17.0 Å². The standard InChI is InChI=1S/C26H30N2O3S/c1-3-4-5-7-19-10-12-21(13-11-19)26(30)28-22-16-14-20(15-17-22)23-18-27-24(32-23)8-6-9-25(29)31-2/h10-18H,3-9H2,1-2H3,(H,28,30). The Bertz CT molecular complexity index is 1010. The van der Waals surface area contributed by atoms with Crippen LogP contribution in [0.25, 0.3) is 10.4 Å². The number of thiazole rings is 1. The molecule has 0 unspecified atom stereocenters. The lowest BCUT2D eigenvalue weighted by Gasteiger charge is -2.07. The van der Waals surface area contributed by atoms with Gasteiger partial charge in [-0.25, -0.2) is 4.98 Å². The Morgan fingerprint density at radius 3 is 2.41 bits per heavy atom. The Morgan fingerprint density at radius 2 is 1.72 bits per heavy atom. The molecule has 3 aromatic rings. The Labute approximate surface area is 193 Å². The molecule has 0 aliphatic heterocycles. The highest BCUT2D eigenvalue weighted by atomic mass is 32.1. The van der Waals surface area contributed by atoms with Crippen molar-refractivity contribution < 1.29 is 14.3 Å². The van der Waals surface area contributed by atoms with Crippen LogP contribution in [0, 0.1) is 0 Å². The minimum atomic E-state index is -0.192. The Balaban J connectivity index is 1.53. The van der Waals surface area contributed by atoms with Crippen LogP contribution in [0.3, 0.4) is 0 Å². The number of hydrogen-bond acceptors (Lipinski definition) is 5. The van der Waals surface area contributed by atoms with E-state index in [0.717, 1.165) is 40.4 Å². The van der Waals surface area contributed by atoms with Gasteiger partial charge < -0.3 is 10.1 Å². The molecule has 32 heavy (non-hydrogen) atoms. The molecule has 0 spiro atoms. The van der Waals surface area contributed by atoms with E-state index in [4.69, 9.17) is 0 Å². The molecule has 168 valence electrons. The highest BCUT2D eigenvalue weighted by Gasteiger charge is 2.09. The number of carbonyl (C=O) groups is 2. The molecule has 0 atom stereocenters. The first-order chi connectivity index (χ1) is 15.6. The van der Waals surface area contributed by atoms with Crippen molar-refractivity contribution in [3.05, 3.63) is 70.9 Å². The van der Waals surface area contributed by atoms with E-state index >= 15 is 0 Å². The van der Waals surface area contributed by atoms with Crippen molar-refractivity contribution in [1.29, 1.82) is 0 Å². The lowest BCUT2D eigenvalue weighted by Crippen LogP contribution is -2.11. The van der Waals surface area contributed by atoms with Crippen LogP contribution in [0.2, 0.25) is 0 Å². The van der Waals surface area contributed by atoms with Crippen LogP contribution < -0.4 is 5.32 Å². The molecule has 0 radical (unpaired) electrons. The number of aryl methyl sites for hydroxylation is 2. The largest absolute Gasteiger partial charge is 0.469 e. The van der Waals surface area contributed by atoms with Crippen molar-refractivity contribution in [2.75, 3.05) is 12.4 Å². The highest BCUT2D eigenvalue weighted by Crippen LogP contribution is 2.28. The second-order valence-corrected chi connectivity index (χ2v) is 8.85. The molecule has 1 N–H and O–H groups in total. The quantitative estimate of drug-likeness (QED) is 0.275. The van der Waals surface area contributed by atoms with Crippen molar-refractivity contribution in [3.8, 4) is 10.4 Å². The zero-order chi connectivity index (χ0) is 22.8. The number of ether oxygens (including phenoxy) is 1. The van der Waals surface area contributed by atoms with Gasteiger partial charge in [-0.05, 0) is 61.1 Å². The van der Waals surface area contributed by atoms with Gasteiger partial charge in [0.25, 0.3) is 5.91 Å². The summed E-state index contributed by atoms with van der Waals surface area (Å²) in [7, 11) is 1.40. The second kappa shape index (κ2) is 12.2. The minimum Gasteiger partial charge on any atom is -0.469 e. The molecule has 0 aliphatic carbocycles. The number of rotatable bonds is 11. The third-order valence-corrected chi connectivity index (χ3v) is 6.37. The summed E-state index contributed by atoms with van der Waals surface area (Å²) >= 11 is 1.62. The second-order valence-electron chi connectivity index (χ2n) is 7.73. The van der Waals surface area contributed by atoms with Crippen molar-refractivity contribution in [2.24, 2.45) is 0 Å². The van der Waals surface area contributed by atoms with E-state index in [1.165, 1.54) is 31.9 Å². The Morgan fingerprint density at radius 1 is 0.969 bits per heavy atom. The number of carbonyl (C=O) groups excluding carboxylic acids is 2. The predicted molar refractivity (Wildman–Crippen MR) is 130 cm³/mol. The maximum absolute atomic E-state index is 12.6. The number of amides is 1. The lowest BCUT2D eigenvalue weighted by molar-refractivity contribution is -0.140. The van der Waals surface area contributed by atoms with E-state index in [1.807, 2.05) is 54.7 Å². The van der Waals surface area contributed by atoms with Gasteiger partial charge in [0.2, 0.25) is 0 Å². The summed E-state index contributed by atoms with van der Waals surface area (Å²) < 4.78 is 4.67. The normalized spacial score (nSPS) is 10.7. The van der Waals surface area contributed by atoms with Gasteiger partial charge in [-0.1, -0.05) is 44.0 Å². The number of hydrogen-bond donors (Lipinski definition) is 1. The Hall–Kier alpha value is -2.99. The summed E-state index contributed by atoms with van der Waals surface area (Å²) in [6.07, 6.45) is 8.42. The van der Waals surface area contributed by atoms with Crippen LogP contribution in [0.4, 0.5) is 5.69 Å². The van der Waals surface area contributed by atoms with Crippen LogP contribution in [0.15, 0.2) is 54.7 Å². The van der Waals surface area contributed by atoms with Crippen LogP contribution in [0.1, 0.15) is 60.0 Å². The summed E-state index contributed by atoms with van der Waals surface area (Å²) in [5.41, 5.74) is 3.74. The fourth-order valence-electron chi connectivity index (χ4n) is 3.37. The zero-order valence-electron chi connectivity index (χ0n) is 18.7. The molecule has 3 rings (SSSR count). The van der Waals surface area contributed by atoms with Gasteiger partial charge in [0.15, 0.2) is 0 Å². The van der Waals surface area contributed by atoms with Gasteiger partial charge in [-0.15, -0.1) is 11.3 Å². The molecule has 6 heteroatoms. The maximum Gasteiger partial charge on any atom is 0.305 e. The van der Waals surface area contributed by atoms with E-state index in [9.17, 15) is 9.59 Å². The summed E-state index contributed by atoms with van der Waals surface area (Å²) in [5.74, 6) is -0.300. The molecular weight excluding hydrogens is 420 g/mol. The topological polar surface area (TPSA) is 68.3 Å². The molecule has 0 fully saturated rings. The van der Waals surface area contributed by atoms with Crippen LogP contribution >= 0.6 is 11.3 Å². The van der Waals surface area contributed by atoms with Crippen molar-refractivity contribution >= 4 is 28.9 Å². The molecule has 1 aromatic heterocycles. The third-order valence-electron chi connectivity index (χ3n) is 5.27. The molecular formula is C26H30N2O3S. The van der Waals surface area contributed by atoms with Gasteiger partial charge in [-0.2, -0.15) is 0 Å². The average Bonchev–Trinajstić information content (AvgIpc) is 3.29. The average molecular weight is 451 g/mol. The molecule has 1 amide bonds. The minimum absolute atomic E-state index is 0.108. The molecule has 2 aromatic carbocycles. The van der Waals surface area contributed by atoms with Crippen molar-refractivity contribution in [1.82, 2.24) is 4.98 Å². The first kappa shape index (κ1) is 23.7. The van der Waals surface area contributed by atoms with Gasteiger partial charge in [0.1, 0.15) is 0 Å². The SMILES string of the molecule is CCCCCc1ccc(C(=O)Nc2ccc(-c3cnc(CCCC(=O)OC)s3)cc2)cc1. The van der Waals surface area contributed by atoms with Crippen molar-refractivity contribution in [2.45, 2.75) is 51.9 Å². The van der Waals surface area contributed by atoms with Gasteiger partial charge in [-0.3, -0.25) is 9.59 Å². The number of methoxy groups -OCH3 is 1. The lowest BCUT2D eigenvalue weighted by atomic mass is 10.1. The first-order valence-electron chi connectivity index (χ1n) is 11.1. The smallest absolute Gasteiger partial charge is 0.305 e. The number of nitrogens with zero attached hydrogens (tertiary/aromatic N) is 1. The first-order valence-corrected chi connectivity index (χ1v) is 11.9. The van der Waals surface area contributed by atoms with Crippen LogP contribution in [-0.4, -0.2) is 24.0 Å². The number of aromatic nitrogens is 1. The van der Waals surface area contributed by atoms with Crippen molar-refractivity contribution in [3.63, 3.8) is 0 Å². The summed E-state index contributed by atoms with van der Waals surface area (Å²) in [6, 6.07) is 15.6. The van der Waals surface area contributed by atoms with E-state index in [2.05, 4.69) is 22.0 Å².